The molecular weight excluding hydrogens is 248 g/mol. The van der Waals surface area contributed by atoms with Crippen molar-refractivity contribution in [2.45, 2.75) is 18.9 Å². The Morgan fingerprint density at radius 1 is 1.37 bits per heavy atom. The number of hydrogen-bond donors (Lipinski definition) is 4. The molecule has 6 nitrogen and oxygen atoms in total. The number of benzene rings is 1. The minimum atomic E-state index is -0.450. The first-order valence-electron chi connectivity index (χ1n) is 6.30. The summed E-state index contributed by atoms with van der Waals surface area (Å²) in [6.07, 6.45) is 1.29. The number of aliphatic hydroxyl groups excluding tert-OH is 2. The molecule has 0 spiro atoms. The van der Waals surface area contributed by atoms with Gasteiger partial charge in [-0.1, -0.05) is 6.07 Å². The molecule has 0 saturated heterocycles. The highest BCUT2D eigenvalue weighted by atomic mass is 16.4. The van der Waals surface area contributed by atoms with Crippen molar-refractivity contribution in [1.29, 1.82) is 0 Å². The van der Waals surface area contributed by atoms with E-state index in [0.717, 1.165) is 12.0 Å². The minimum Gasteiger partial charge on any atom is -0.408 e. The number of nitrogens with one attached hydrogen (secondary N) is 2. The predicted octanol–water partition coefficient (Wildman–Crippen LogP) is -0.00350. The molecule has 1 unspecified atom stereocenters. The van der Waals surface area contributed by atoms with E-state index in [4.69, 9.17) is 14.6 Å². The van der Waals surface area contributed by atoms with Crippen LogP contribution >= 0.6 is 0 Å². The van der Waals surface area contributed by atoms with E-state index in [1.807, 2.05) is 18.2 Å². The summed E-state index contributed by atoms with van der Waals surface area (Å²) in [5.74, 6) is -0.450. The van der Waals surface area contributed by atoms with Crippen LogP contribution in [-0.2, 0) is 6.42 Å². The molecule has 104 valence electrons. The lowest BCUT2D eigenvalue weighted by Crippen LogP contribution is -2.34. The Morgan fingerprint density at radius 3 is 2.95 bits per heavy atom. The van der Waals surface area contributed by atoms with Crippen molar-refractivity contribution in [2.75, 3.05) is 19.8 Å². The van der Waals surface area contributed by atoms with Crippen molar-refractivity contribution < 1.29 is 14.6 Å². The van der Waals surface area contributed by atoms with E-state index in [1.54, 1.807) is 0 Å². The average molecular weight is 266 g/mol. The number of aromatic amines is 1. The highest BCUT2D eigenvalue weighted by Crippen LogP contribution is 2.12. The first kappa shape index (κ1) is 13.8. The summed E-state index contributed by atoms with van der Waals surface area (Å²) in [4.78, 5) is 13.6. The van der Waals surface area contributed by atoms with Gasteiger partial charge in [0.25, 0.3) is 0 Å². The zero-order chi connectivity index (χ0) is 13.7. The fourth-order valence-corrected chi connectivity index (χ4v) is 1.98. The van der Waals surface area contributed by atoms with Crippen molar-refractivity contribution in [3.63, 3.8) is 0 Å². The fourth-order valence-electron chi connectivity index (χ4n) is 1.98. The quantitative estimate of drug-likeness (QED) is 0.565. The second-order valence-corrected chi connectivity index (χ2v) is 4.44. The highest BCUT2D eigenvalue weighted by molar-refractivity contribution is 5.72. The van der Waals surface area contributed by atoms with Crippen LogP contribution in [0.1, 0.15) is 12.0 Å². The monoisotopic (exact) mass is 266 g/mol. The van der Waals surface area contributed by atoms with Gasteiger partial charge in [0.2, 0.25) is 0 Å². The van der Waals surface area contributed by atoms with Crippen LogP contribution in [0.3, 0.4) is 0 Å². The van der Waals surface area contributed by atoms with Crippen molar-refractivity contribution >= 4 is 11.1 Å². The lowest BCUT2D eigenvalue weighted by molar-refractivity contribution is 0.201. The summed E-state index contributed by atoms with van der Waals surface area (Å²) >= 11 is 0. The third kappa shape index (κ3) is 3.66. The Morgan fingerprint density at radius 2 is 2.21 bits per heavy atom. The van der Waals surface area contributed by atoms with Gasteiger partial charge in [-0.3, -0.25) is 4.98 Å². The molecule has 2 rings (SSSR count). The molecule has 19 heavy (non-hydrogen) atoms. The van der Waals surface area contributed by atoms with Crippen LogP contribution in [0.2, 0.25) is 0 Å². The summed E-state index contributed by atoms with van der Waals surface area (Å²) in [5.41, 5.74) is 2.29. The van der Waals surface area contributed by atoms with Gasteiger partial charge >= 0.3 is 5.76 Å². The van der Waals surface area contributed by atoms with E-state index in [1.165, 1.54) is 0 Å². The first-order chi connectivity index (χ1) is 9.22. The normalized spacial score (nSPS) is 12.9. The molecule has 0 aliphatic rings. The maximum Gasteiger partial charge on any atom is 0.417 e. The first-order valence-corrected chi connectivity index (χ1v) is 6.30. The molecule has 1 aromatic carbocycles. The van der Waals surface area contributed by atoms with Crippen LogP contribution in [0.4, 0.5) is 0 Å². The molecule has 0 aliphatic carbocycles. The van der Waals surface area contributed by atoms with E-state index >= 15 is 0 Å². The smallest absolute Gasteiger partial charge is 0.408 e. The van der Waals surface area contributed by atoms with Crippen LogP contribution < -0.4 is 11.1 Å². The van der Waals surface area contributed by atoms with Crippen LogP contribution in [-0.4, -0.2) is 41.0 Å². The lowest BCUT2D eigenvalue weighted by Gasteiger charge is -2.14. The number of oxazole rings is 1. The molecule has 0 saturated carbocycles. The highest BCUT2D eigenvalue weighted by Gasteiger charge is 2.06. The number of rotatable bonds is 7. The van der Waals surface area contributed by atoms with E-state index in [-0.39, 0.29) is 19.3 Å². The summed E-state index contributed by atoms with van der Waals surface area (Å²) in [6, 6.07) is 5.48. The molecule has 2 aromatic rings. The largest absolute Gasteiger partial charge is 0.417 e. The number of H-pyrrole nitrogens is 1. The molecule has 0 bridgehead atoms. The molecular formula is C13H18N2O4. The summed E-state index contributed by atoms with van der Waals surface area (Å²) in [7, 11) is 0. The maximum atomic E-state index is 11.0. The van der Waals surface area contributed by atoms with Gasteiger partial charge < -0.3 is 19.9 Å². The van der Waals surface area contributed by atoms with Gasteiger partial charge in [0, 0.05) is 12.6 Å². The molecule has 1 atom stereocenters. The third-order valence-corrected chi connectivity index (χ3v) is 3.03. The van der Waals surface area contributed by atoms with E-state index in [9.17, 15) is 4.79 Å². The molecule has 1 aromatic heterocycles. The minimum absolute atomic E-state index is 0.00623. The van der Waals surface area contributed by atoms with Crippen molar-refractivity contribution in [1.82, 2.24) is 10.3 Å². The second kappa shape index (κ2) is 6.51. The second-order valence-electron chi connectivity index (χ2n) is 4.44. The Bertz CT molecular complexity index is 575. The topological polar surface area (TPSA) is 98.5 Å². The Hall–Kier alpha value is -1.63. The Kier molecular flexibility index (Phi) is 4.73. The van der Waals surface area contributed by atoms with Gasteiger partial charge in [-0.05, 0) is 37.1 Å². The standard InChI is InChI=1S/C13H18N2O4/c16-6-4-10(8-17)14-5-3-9-1-2-11-12(7-9)19-13(18)15-11/h1-2,7,10,14,16-17H,3-6,8H2,(H,15,18). The maximum absolute atomic E-state index is 11.0. The molecule has 0 fully saturated rings. The van der Waals surface area contributed by atoms with E-state index in [0.29, 0.717) is 24.1 Å². The lowest BCUT2D eigenvalue weighted by atomic mass is 10.1. The third-order valence-electron chi connectivity index (χ3n) is 3.03. The molecule has 6 heteroatoms. The molecule has 4 N–H and O–H groups in total. The fraction of sp³-hybridized carbons (Fsp3) is 0.462. The molecule has 0 radical (unpaired) electrons. The number of fused-ring (bicyclic) bond motifs is 1. The van der Waals surface area contributed by atoms with Gasteiger partial charge in [0.15, 0.2) is 5.58 Å². The van der Waals surface area contributed by atoms with Gasteiger partial charge in [-0.2, -0.15) is 0 Å². The molecule has 1 heterocycles. The van der Waals surface area contributed by atoms with Crippen LogP contribution in [0.25, 0.3) is 11.1 Å². The number of aliphatic hydroxyl groups is 2. The van der Waals surface area contributed by atoms with Gasteiger partial charge in [0.05, 0.1) is 12.1 Å². The molecule has 0 amide bonds. The van der Waals surface area contributed by atoms with Crippen LogP contribution in [0.15, 0.2) is 27.4 Å². The SMILES string of the molecule is O=c1[nH]c2ccc(CCNC(CO)CCO)cc2o1. The van der Waals surface area contributed by atoms with Crippen LogP contribution in [0.5, 0.6) is 0 Å². The van der Waals surface area contributed by atoms with Crippen molar-refractivity contribution in [3.05, 3.63) is 34.3 Å². The molecule has 0 aliphatic heterocycles. The number of hydrogen-bond acceptors (Lipinski definition) is 5. The number of aromatic nitrogens is 1. The zero-order valence-corrected chi connectivity index (χ0v) is 10.6. The van der Waals surface area contributed by atoms with E-state index in [2.05, 4.69) is 10.3 Å². The van der Waals surface area contributed by atoms with E-state index < -0.39 is 5.76 Å². The van der Waals surface area contributed by atoms with Crippen molar-refractivity contribution in [2.24, 2.45) is 0 Å². The summed E-state index contributed by atoms with van der Waals surface area (Å²) in [5, 5.41) is 21.0. The van der Waals surface area contributed by atoms with Gasteiger partial charge in [-0.15, -0.1) is 0 Å². The van der Waals surface area contributed by atoms with Crippen LogP contribution in [0, 0.1) is 0 Å². The Labute approximate surface area is 110 Å². The average Bonchev–Trinajstić information content (AvgIpc) is 2.77. The summed E-state index contributed by atoms with van der Waals surface area (Å²) in [6.45, 7) is 0.746. The summed E-state index contributed by atoms with van der Waals surface area (Å²) < 4.78 is 4.99. The Balaban J connectivity index is 1.92. The van der Waals surface area contributed by atoms with Crippen molar-refractivity contribution in [3.8, 4) is 0 Å². The predicted molar refractivity (Wildman–Crippen MR) is 71.1 cm³/mol. The van der Waals surface area contributed by atoms with Gasteiger partial charge in [-0.25, -0.2) is 4.79 Å². The zero-order valence-electron chi connectivity index (χ0n) is 10.6. The van der Waals surface area contributed by atoms with Gasteiger partial charge in [0.1, 0.15) is 0 Å².